The Morgan fingerprint density at radius 3 is 2.83 bits per heavy atom. The zero-order valence-corrected chi connectivity index (χ0v) is 13.6. The van der Waals surface area contributed by atoms with E-state index in [1.165, 1.54) is 4.90 Å². The quantitative estimate of drug-likeness (QED) is 0.765. The normalized spacial score (nSPS) is 20.4. The van der Waals surface area contributed by atoms with Crippen LogP contribution < -0.4 is 5.32 Å². The summed E-state index contributed by atoms with van der Waals surface area (Å²) in [6.45, 7) is 0.937. The highest BCUT2D eigenvalue weighted by Gasteiger charge is 2.36. The molecule has 0 bridgehead atoms. The number of carboxylic acid groups (broad SMARTS) is 1. The van der Waals surface area contributed by atoms with Crippen LogP contribution in [0.3, 0.4) is 0 Å². The molecule has 0 unspecified atom stereocenters. The van der Waals surface area contributed by atoms with Crippen LogP contribution in [0.5, 0.6) is 0 Å². The summed E-state index contributed by atoms with van der Waals surface area (Å²) in [5.41, 5.74) is 2.00. The van der Waals surface area contributed by atoms with E-state index < -0.39 is 6.09 Å². The number of likely N-dealkylation sites (tertiary alicyclic amines) is 1. The molecule has 6 nitrogen and oxygen atoms in total. The van der Waals surface area contributed by atoms with Crippen molar-refractivity contribution in [2.45, 2.75) is 12.0 Å². The van der Waals surface area contributed by atoms with Crippen LogP contribution in [0.25, 0.3) is 10.2 Å². The van der Waals surface area contributed by atoms with Crippen LogP contribution in [0.2, 0.25) is 0 Å². The molecule has 1 aliphatic rings. The number of amides is 1. The van der Waals surface area contributed by atoms with E-state index >= 15 is 0 Å². The summed E-state index contributed by atoms with van der Waals surface area (Å²) in [5, 5.41) is 13.6. The summed E-state index contributed by atoms with van der Waals surface area (Å²) in [5.74, 6) is 0.104. The van der Waals surface area contributed by atoms with Gasteiger partial charge in [-0.05, 0) is 11.6 Å². The smallest absolute Gasteiger partial charge is 0.407 e. The van der Waals surface area contributed by atoms with Gasteiger partial charge in [-0.2, -0.15) is 0 Å². The molecular formula is C17H16N4O2S. The van der Waals surface area contributed by atoms with Crippen molar-refractivity contribution in [3.63, 3.8) is 0 Å². The fourth-order valence-electron chi connectivity index (χ4n) is 3.14. The molecule has 1 fully saturated rings. The van der Waals surface area contributed by atoms with Crippen LogP contribution in [-0.4, -0.2) is 45.2 Å². The number of rotatable bonds is 3. The molecule has 0 saturated carbocycles. The highest BCUT2D eigenvalue weighted by atomic mass is 32.1. The van der Waals surface area contributed by atoms with Crippen molar-refractivity contribution >= 4 is 32.8 Å². The summed E-state index contributed by atoms with van der Waals surface area (Å²) in [6.07, 6.45) is 2.61. The molecule has 1 amide bonds. The van der Waals surface area contributed by atoms with Gasteiger partial charge < -0.3 is 15.3 Å². The summed E-state index contributed by atoms with van der Waals surface area (Å²) in [7, 11) is 0. The molecule has 4 rings (SSSR count). The molecule has 0 aliphatic carbocycles. The van der Waals surface area contributed by atoms with E-state index in [9.17, 15) is 9.90 Å². The topological polar surface area (TPSA) is 78.4 Å². The molecule has 2 aromatic heterocycles. The molecule has 0 radical (unpaired) electrons. The summed E-state index contributed by atoms with van der Waals surface area (Å²) in [6, 6.07) is 12.0. The average Bonchev–Trinajstić information content (AvgIpc) is 3.19. The van der Waals surface area contributed by atoms with E-state index in [0.29, 0.717) is 13.1 Å². The first-order valence-corrected chi connectivity index (χ1v) is 8.52. The lowest BCUT2D eigenvalue weighted by Crippen LogP contribution is -2.30. The van der Waals surface area contributed by atoms with Gasteiger partial charge in [-0.3, -0.25) is 4.98 Å². The Kier molecular flexibility index (Phi) is 3.78. The minimum absolute atomic E-state index is 0.00276. The molecule has 24 heavy (non-hydrogen) atoms. The van der Waals surface area contributed by atoms with Crippen molar-refractivity contribution < 1.29 is 9.90 Å². The number of nitrogens with zero attached hydrogens (tertiary/aromatic N) is 3. The fourth-order valence-corrected chi connectivity index (χ4v) is 4.04. The van der Waals surface area contributed by atoms with E-state index in [2.05, 4.69) is 15.3 Å². The Morgan fingerprint density at radius 2 is 2.08 bits per heavy atom. The van der Waals surface area contributed by atoms with Gasteiger partial charge in [0, 0.05) is 25.2 Å². The largest absolute Gasteiger partial charge is 0.465 e. The van der Waals surface area contributed by atoms with Crippen molar-refractivity contribution in [3.05, 3.63) is 54.4 Å². The summed E-state index contributed by atoms with van der Waals surface area (Å²) >= 11 is 1.56. The molecule has 2 atom stereocenters. The van der Waals surface area contributed by atoms with Gasteiger partial charge >= 0.3 is 6.09 Å². The highest BCUT2D eigenvalue weighted by Crippen LogP contribution is 2.32. The minimum atomic E-state index is -0.881. The third-order valence-corrected chi connectivity index (χ3v) is 5.28. The highest BCUT2D eigenvalue weighted by molar-refractivity contribution is 7.22. The second kappa shape index (κ2) is 6.09. The summed E-state index contributed by atoms with van der Waals surface area (Å²) in [4.78, 5) is 21.5. The van der Waals surface area contributed by atoms with E-state index in [4.69, 9.17) is 0 Å². The van der Waals surface area contributed by atoms with Gasteiger partial charge in [-0.1, -0.05) is 41.7 Å². The Morgan fingerprint density at radius 1 is 1.25 bits per heavy atom. The van der Waals surface area contributed by atoms with Crippen LogP contribution >= 0.6 is 11.3 Å². The Balaban J connectivity index is 1.62. The number of aromatic nitrogens is 2. The van der Waals surface area contributed by atoms with Gasteiger partial charge in [0.15, 0.2) is 5.13 Å². The standard InChI is InChI=1S/C17H16N4O2S/c22-17(23)21-9-12(11-4-2-1-3-5-11)14(10-21)20-16-19-13-8-18-7-6-15(13)24-16/h1-8,12,14H,9-10H2,(H,19,20)(H,22,23)/t12-,14+/m1/s1. The Labute approximate surface area is 142 Å². The van der Waals surface area contributed by atoms with Gasteiger partial charge in [0.1, 0.15) is 5.52 Å². The molecule has 1 aliphatic heterocycles. The number of thiazole rings is 1. The number of fused-ring (bicyclic) bond motifs is 1. The third kappa shape index (κ3) is 2.78. The predicted molar refractivity (Wildman–Crippen MR) is 93.6 cm³/mol. The number of pyridine rings is 1. The lowest BCUT2D eigenvalue weighted by atomic mass is 9.94. The van der Waals surface area contributed by atoms with Crippen LogP contribution in [0.4, 0.5) is 9.93 Å². The molecule has 2 N–H and O–H groups in total. The van der Waals surface area contributed by atoms with Crippen LogP contribution in [0.15, 0.2) is 48.8 Å². The number of hydrogen-bond acceptors (Lipinski definition) is 5. The van der Waals surface area contributed by atoms with E-state index in [1.807, 2.05) is 36.4 Å². The van der Waals surface area contributed by atoms with Gasteiger partial charge in [0.25, 0.3) is 0 Å². The van der Waals surface area contributed by atoms with Crippen LogP contribution in [0, 0.1) is 0 Å². The van der Waals surface area contributed by atoms with Gasteiger partial charge in [-0.15, -0.1) is 0 Å². The van der Waals surface area contributed by atoms with Gasteiger partial charge in [-0.25, -0.2) is 9.78 Å². The summed E-state index contributed by atoms with van der Waals surface area (Å²) < 4.78 is 1.07. The van der Waals surface area contributed by atoms with Crippen LogP contribution in [-0.2, 0) is 0 Å². The van der Waals surface area contributed by atoms with Crippen molar-refractivity contribution in [1.82, 2.24) is 14.9 Å². The van der Waals surface area contributed by atoms with Crippen molar-refractivity contribution in [1.29, 1.82) is 0 Å². The van der Waals surface area contributed by atoms with E-state index in [1.54, 1.807) is 23.7 Å². The zero-order valence-electron chi connectivity index (χ0n) is 12.8. The predicted octanol–water partition coefficient (Wildman–Crippen LogP) is 3.25. The lowest BCUT2D eigenvalue weighted by Gasteiger charge is -2.19. The Bertz CT molecular complexity index is 834. The first kappa shape index (κ1) is 14.9. The molecule has 1 saturated heterocycles. The molecule has 1 aromatic carbocycles. The molecule has 122 valence electrons. The molecular weight excluding hydrogens is 324 g/mol. The van der Waals surface area contributed by atoms with Gasteiger partial charge in [0.2, 0.25) is 0 Å². The molecule has 0 spiro atoms. The number of carbonyl (C=O) groups is 1. The van der Waals surface area contributed by atoms with E-state index in [-0.39, 0.29) is 12.0 Å². The first-order chi connectivity index (χ1) is 11.7. The minimum Gasteiger partial charge on any atom is -0.465 e. The maximum atomic E-state index is 11.4. The molecule has 7 heteroatoms. The SMILES string of the molecule is O=C(O)N1C[C@H](Nc2nc3cnccc3s2)[C@@H](c2ccccc2)C1. The fraction of sp³-hybridized carbons (Fsp3) is 0.235. The van der Waals surface area contributed by atoms with Crippen molar-refractivity contribution in [2.24, 2.45) is 0 Å². The first-order valence-electron chi connectivity index (χ1n) is 7.70. The number of nitrogens with one attached hydrogen (secondary N) is 1. The average molecular weight is 340 g/mol. The Hall–Kier alpha value is -2.67. The number of hydrogen-bond donors (Lipinski definition) is 2. The maximum Gasteiger partial charge on any atom is 0.407 e. The van der Waals surface area contributed by atoms with Gasteiger partial charge in [0.05, 0.1) is 16.9 Å². The monoisotopic (exact) mass is 340 g/mol. The molecule has 3 aromatic rings. The lowest BCUT2D eigenvalue weighted by molar-refractivity contribution is 0.155. The third-order valence-electron chi connectivity index (χ3n) is 4.32. The van der Waals surface area contributed by atoms with Crippen LogP contribution in [0.1, 0.15) is 11.5 Å². The van der Waals surface area contributed by atoms with Crippen molar-refractivity contribution in [3.8, 4) is 0 Å². The number of benzene rings is 1. The molecule has 3 heterocycles. The zero-order chi connectivity index (χ0) is 16.5. The number of anilines is 1. The second-order valence-corrected chi connectivity index (χ2v) is 6.85. The van der Waals surface area contributed by atoms with E-state index in [0.717, 1.165) is 20.9 Å². The maximum absolute atomic E-state index is 11.4. The van der Waals surface area contributed by atoms with Crippen molar-refractivity contribution in [2.75, 3.05) is 18.4 Å². The second-order valence-electron chi connectivity index (χ2n) is 5.82.